The molecule has 1 saturated heterocycles. The van der Waals surface area contributed by atoms with Gasteiger partial charge in [0.1, 0.15) is 5.82 Å². The zero-order chi connectivity index (χ0) is 15.2. The Morgan fingerprint density at radius 2 is 2.14 bits per heavy atom. The Kier molecular flexibility index (Phi) is 6.27. The second-order valence-electron chi connectivity index (χ2n) is 6.10. The van der Waals surface area contributed by atoms with Crippen molar-refractivity contribution < 1.29 is 4.74 Å². The molecule has 1 aromatic heterocycles. The van der Waals surface area contributed by atoms with E-state index in [1.165, 1.54) is 0 Å². The maximum absolute atomic E-state index is 6.41. The molecule has 0 radical (unpaired) electrons. The van der Waals surface area contributed by atoms with Gasteiger partial charge in [-0.2, -0.15) is 0 Å². The average Bonchev–Trinajstić information content (AvgIpc) is 2.47. The number of anilines is 1. The molecule has 0 aliphatic carbocycles. The molecule has 0 bridgehead atoms. The quantitative estimate of drug-likeness (QED) is 0.876. The van der Waals surface area contributed by atoms with Crippen molar-refractivity contribution in [2.75, 3.05) is 31.6 Å². The zero-order valence-electron chi connectivity index (χ0n) is 13.2. The number of pyridine rings is 1. The monoisotopic (exact) mass is 311 g/mol. The first kappa shape index (κ1) is 16.5. The number of ether oxygens (including phenoxy) is 1. The molecule has 1 aliphatic heterocycles. The summed E-state index contributed by atoms with van der Waals surface area (Å²) < 4.78 is 5.40. The van der Waals surface area contributed by atoms with Gasteiger partial charge in [-0.1, -0.05) is 25.4 Å². The van der Waals surface area contributed by atoms with Crippen molar-refractivity contribution in [2.45, 2.75) is 39.3 Å². The molecule has 118 valence electrons. The van der Waals surface area contributed by atoms with Crippen molar-refractivity contribution in [2.24, 2.45) is 5.92 Å². The summed E-state index contributed by atoms with van der Waals surface area (Å²) in [6, 6.07) is 2.03. The van der Waals surface area contributed by atoms with Gasteiger partial charge in [0.25, 0.3) is 0 Å². The minimum atomic E-state index is 0.375. The lowest BCUT2D eigenvalue weighted by Crippen LogP contribution is -2.37. The van der Waals surface area contributed by atoms with Crippen LogP contribution in [-0.2, 0) is 11.3 Å². The van der Waals surface area contributed by atoms with Crippen molar-refractivity contribution in [1.82, 2.24) is 10.3 Å². The second kappa shape index (κ2) is 7.97. The van der Waals surface area contributed by atoms with Crippen LogP contribution >= 0.6 is 11.6 Å². The van der Waals surface area contributed by atoms with Gasteiger partial charge in [-0.25, -0.2) is 4.98 Å². The molecule has 0 saturated carbocycles. The van der Waals surface area contributed by atoms with E-state index in [9.17, 15) is 0 Å². The number of hydrogen-bond acceptors (Lipinski definition) is 4. The van der Waals surface area contributed by atoms with Crippen molar-refractivity contribution in [3.05, 3.63) is 22.8 Å². The predicted molar refractivity (Wildman–Crippen MR) is 88.0 cm³/mol. The number of hydrogen-bond donors (Lipinski definition) is 1. The summed E-state index contributed by atoms with van der Waals surface area (Å²) in [6.45, 7) is 8.13. The third-order valence-corrected chi connectivity index (χ3v) is 4.11. The predicted octanol–water partition coefficient (Wildman–Crippen LogP) is 3.10. The van der Waals surface area contributed by atoms with Crippen LogP contribution in [0.3, 0.4) is 0 Å². The summed E-state index contributed by atoms with van der Waals surface area (Å²) in [5.74, 6) is 1.55. The van der Waals surface area contributed by atoms with Gasteiger partial charge in [-0.3, -0.25) is 0 Å². The summed E-state index contributed by atoms with van der Waals surface area (Å²) in [6.07, 6.45) is 4.37. The second-order valence-corrected chi connectivity index (χ2v) is 6.50. The van der Waals surface area contributed by atoms with Crippen molar-refractivity contribution in [3.63, 3.8) is 0 Å². The van der Waals surface area contributed by atoms with Gasteiger partial charge >= 0.3 is 0 Å². The highest BCUT2D eigenvalue weighted by molar-refractivity contribution is 6.33. The van der Waals surface area contributed by atoms with Crippen LogP contribution in [0, 0.1) is 5.92 Å². The Morgan fingerprint density at radius 3 is 2.71 bits per heavy atom. The summed E-state index contributed by atoms with van der Waals surface area (Å²) in [5, 5.41) is 4.16. The van der Waals surface area contributed by atoms with Crippen LogP contribution in [0.5, 0.6) is 0 Å². The third-order valence-electron chi connectivity index (χ3n) is 3.83. The molecule has 21 heavy (non-hydrogen) atoms. The smallest absolute Gasteiger partial charge is 0.147 e. The van der Waals surface area contributed by atoms with E-state index in [1.807, 2.05) is 12.3 Å². The lowest BCUT2D eigenvalue weighted by Gasteiger charge is -2.32. The van der Waals surface area contributed by atoms with E-state index < -0.39 is 0 Å². The molecule has 0 atom stereocenters. The van der Waals surface area contributed by atoms with E-state index in [0.717, 1.165) is 55.4 Å². The van der Waals surface area contributed by atoms with Crippen molar-refractivity contribution in [1.29, 1.82) is 0 Å². The number of rotatable bonds is 6. The van der Waals surface area contributed by atoms with Crippen LogP contribution in [0.15, 0.2) is 12.3 Å². The maximum Gasteiger partial charge on any atom is 0.147 e. The molecule has 1 N–H and O–H groups in total. The van der Waals surface area contributed by atoms with Crippen molar-refractivity contribution >= 4 is 17.4 Å². The summed E-state index contributed by atoms with van der Waals surface area (Å²) >= 11 is 6.41. The first-order valence-electron chi connectivity index (χ1n) is 7.73. The normalized spacial score (nSPS) is 16.7. The Bertz CT molecular complexity index is 445. The highest BCUT2D eigenvalue weighted by atomic mass is 35.5. The van der Waals surface area contributed by atoms with Crippen LogP contribution in [0.1, 0.15) is 32.3 Å². The van der Waals surface area contributed by atoms with E-state index in [-0.39, 0.29) is 0 Å². The lowest BCUT2D eigenvalue weighted by atomic mass is 10.1. The standard InChI is InChI=1S/C16H26ClN3O/c1-12(2)9-18-10-13-8-15(17)16(19-11-13)20-6-4-14(21-3)5-7-20/h8,11-12,14,18H,4-7,9-10H2,1-3H3. The highest BCUT2D eigenvalue weighted by Gasteiger charge is 2.21. The molecule has 2 heterocycles. The molecular formula is C16H26ClN3O. The Hall–Kier alpha value is -0.840. The topological polar surface area (TPSA) is 37.4 Å². The van der Waals surface area contributed by atoms with E-state index in [0.29, 0.717) is 12.0 Å². The van der Waals surface area contributed by atoms with Crippen LogP contribution in [-0.4, -0.2) is 37.8 Å². The Labute approximate surface area is 132 Å². The molecule has 0 aromatic carbocycles. The first-order valence-corrected chi connectivity index (χ1v) is 8.10. The van der Waals surface area contributed by atoms with Gasteiger partial charge in [-0.05, 0) is 36.9 Å². The SMILES string of the molecule is COC1CCN(c2ncc(CNCC(C)C)cc2Cl)CC1. The van der Waals surface area contributed by atoms with Gasteiger partial charge in [0, 0.05) is 32.9 Å². The molecule has 1 fully saturated rings. The molecule has 0 spiro atoms. The van der Waals surface area contributed by atoms with Gasteiger partial charge in [0.2, 0.25) is 0 Å². The maximum atomic E-state index is 6.41. The summed E-state index contributed by atoms with van der Waals surface area (Å²) in [5.41, 5.74) is 1.14. The van der Waals surface area contributed by atoms with Gasteiger partial charge < -0.3 is 15.0 Å². The van der Waals surface area contributed by atoms with Crippen molar-refractivity contribution in [3.8, 4) is 0 Å². The largest absolute Gasteiger partial charge is 0.381 e. The Morgan fingerprint density at radius 1 is 1.43 bits per heavy atom. The minimum absolute atomic E-state index is 0.375. The molecule has 4 nitrogen and oxygen atoms in total. The highest BCUT2D eigenvalue weighted by Crippen LogP contribution is 2.27. The minimum Gasteiger partial charge on any atom is -0.381 e. The molecule has 1 aromatic rings. The molecule has 1 aliphatic rings. The van der Waals surface area contributed by atoms with E-state index >= 15 is 0 Å². The summed E-state index contributed by atoms with van der Waals surface area (Å²) in [4.78, 5) is 6.82. The molecule has 2 rings (SSSR count). The molecular weight excluding hydrogens is 286 g/mol. The van der Waals surface area contributed by atoms with Gasteiger partial charge in [-0.15, -0.1) is 0 Å². The zero-order valence-corrected chi connectivity index (χ0v) is 14.0. The fourth-order valence-electron chi connectivity index (χ4n) is 2.61. The summed E-state index contributed by atoms with van der Waals surface area (Å²) in [7, 11) is 1.78. The number of aromatic nitrogens is 1. The van der Waals surface area contributed by atoms with E-state index in [2.05, 4.69) is 29.0 Å². The number of methoxy groups -OCH3 is 1. The number of nitrogens with zero attached hydrogens (tertiary/aromatic N) is 2. The van der Waals surface area contributed by atoms with Crippen LogP contribution < -0.4 is 10.2 Å². The lowest BCUT2D eigenvalue weighted by molar-refractivity contribution is 0.0818. The van der Waals surface area contributed by atoms with Gasteiger partial charge in [0.15, 0.2) is 0 Å². The number of nitrogens with one attached hydrogen (secondary N) is 1. The van der Waals surface area contributed by atoms with Crippen LogP contribution in [0.4, 0.5) is 5.82 Å². The fraction of sp³-hybridized carbons (Fsp3) is 0.688. The molecule has 5 heteroatoms. The molecule has 0 amide bonds. The fourth-order valence-corrected chi connectivity index (χ4v) is 2.92. The average molecular weight is 312 g/mol. The molecule has 0 unspecified atom stereocenters. The Balaban J connectivity index is 1.93. The van der Waals surface area contributed by atoms with E-state index in [4.69, 9.17) is 16.3 Å². The van der Waals surface area contributed by atoms with Crippen LogP contribution in [0.2, 0.25) is 5.02 Å². The number of piperidine rings is 1. The number of halogens is 1. The van der Waals surface area contributed by atoms with Gasteiger partial charge in [0.05, 0.1) is 11.1 Å². The third kappa shape index (κ3) is 4.83. The first-order chi connectivity index (χ1) is 10.1. The van der Waals surface area contributed by atoms with Crippen LogP contribution in [0.25, 0.3) is 0 Å². The van der Waals surface area contributed by atoms with E-state index in [1.54, 1.807) is 7.11 Å².